The van der Waals surface area contributed by atoms with Crippen molar-refractivity contribution in [3.05, 3.63) is 50.9 Å². The average Bonchev–Trinajstić information content (AvgIpc) is 3.10. The van der Waals surface area contributed by atoms with Crippen LogP contribution in [-0.4, -0.2) is 38.2 Å². The number of thiophene rings is 1. The Balaban J connectivity index is 2.25. The number of hydrogen-bond donors (Lipinski definition) is 0. The molecule has 2 rings (SSSR count). The molecule has 1 unspecified atom stereocenters. The van der Waals surface area contributed by atoms with Crippen LogP contribution in [0.5, 0.6) is 5.75 Å². The lowest BCUT2D eigenvalue weighted by Gasteiger charge is -2.25. The fourth-order valence-electron chi connectivity index (χ4n) is 2.72. The van der Waals surface area contributed by atoms with Gasteiger partial charge in [-0.3, -0.25) is 10.1 Å². The summed E-state index contributed by atoms with van der Waals surface area (Å²) in [4.78, 5) is 12.5. The Morgan fingerprint density at radius 1 is 1.25 bits per heavy atom. The van der Waals surface area contributed by atoms with Crippen molar-refractivity contribution in [1.29, 1.82) is 0 Å². The summed E-state index contributed by atoms with van der Waals surface area (Å²) >= 11 is 12.5. The lowest BCUT2D eigenvalue weighted by molar-refractivity contribution is -0.380. The third-order valence-corrected chi connectivity index (χ3v) is 6.90. The van der Waals surface area contributed by atoms with Gasteiger partial charge in [0.2, 0.25) is 0 Å². The highest BCUT2D eigenvalue weighted by Crippen LogP contribution is 2.36. The first-order chi connectivity index (χ1) is 13.2. The summed E-state index contributed by atoms with van der Waals surface area (Å²) in [5.74, 6) is 1.00. The van der Waals surface area contributed by atoms with Crippen LogP contribution in [0.15, 0.2) is 29.6 Å². The second-order valence-electron chi connectivity index (χ2n) is 5.97. The molecule has 0 saturated carbocycles. The molecule has 0 fully saturated rings. The van der Waals surface area contributed by atoms with Crippen LogP contribution < -0.4 is 9.08 Å². The second kappa shape index (κ2) is 9.78. The summed E-state index contributed by atoms with van der Waals surface area (Å²) in [5.41, 5.74) is 1.79. The SMILES string of the molecule is Cc1cc(OS(=O)(=O)C(C)c2ccsc2[N+](=O)[O-])ccc1N(CCCl)CCCl. The summed E-state index contributed by atoms with van der Waals surface area (Å²) in [6.45, 7) is 4.41. The molecule has 154 valence electrons. The molecular weight excluding hydrogens is 447 g/mol. The van der Waals surface area contributed by atoms with Crippen LogP contribution in [0.3, 0.4) is 0 Å². The zero-order chi connectivity index (χ0) is 20.9. The van der Waals surface area contributed by atoms with Crippen molar-refractivity contribution in [1.82, 2.24) is 0 Å². The van der Waals surface area contributed by atoms with Gasteiger partial charge in [-0.25, -0.2) is 0 Å². The zero-order valence-corrected chi connectivity index (χ0v) is 18.4. The molecule has 0 N–H and O–H groups in total. The zero-order valence-electron chi connectivity index (χ0n) is 15.3. The highest BCUT2D eigenvalue weighted by atomic mass is 35.5. The van der Waals surface area contributed by atoms with E-state index in [4.69, 9.17) is 27.4 Å². The molecule has 28 heavy (non-hydrogen) atoms. The third kappa shape index (κ3) is 5.28. The van der Waals surface area contributed by atoms with Crippen LogP contribution in [0.25, 0.3) is 0 Å². The Morgan fingerprint density at radius 3 is 2.43 bits per heavy atom. The number of anilines is 1. The Labute approximate surface area is 178 Å². The quantitative estimate of drug-likeness (QED) is 0.217. The minimum atomic E-state index is -4.12. The summed E-state index contributed by atoms with van der Waals surface area (Å²) in [6, 6.07) is 6.33. The van der Waals surface area contributed by atoms with E-state index in [0.717, 1.165) is 22.6 Å². The van der Waals surface area contributed by atoms with E-state index in [2.05, 4.69) is 0 Å². The van der Waals surface area contributed by atoms with Gasteiger partial charge in [-0.2, -0.15) is 8.42 Å². The van der Waals surface area contributed by atoms with Gasteiger partial charge >= 0.3 is 15.1 Å². The van der Waals surface area contributed by atoms with Crippen molar-refractivity contribution in [2.45, 2.75) is 19.1 Å². The van der Waals surface area contributed by atoms with Crippen molar-refractivity contribution in [2.24, 2.45) is 0 Å². The first kappa shape index (κ1) is 22.7. The maximum absolute atomic E-state index is 12.6. The maximum atomic E-state index is 12.6. The molecule has 0 amide bonds. The first-order valence-electron chi connectivity index (χ1n) is 8.34. The predicted octanol–water partition coefficient (Wildman–Crippen LogP) is 4.72. The molecule has 1 aromatic carbocycles. The summed E-state index contributed by atoms with van der Waals surface area (Å²) in [5, 5.41) is 11.2. The van der Waals surface area contributed by atoms with Crippen molar-refractivity contribution in [3.63, 3.8) is 0 Å². The number of nitrogens with zero attached hydrogens (tertiary/aromatic N) is 2. The Bertz CT molecular complexity index is 927. The molecule has 0 aliphatic rings. The molecule has 0 radical (unpaired) electrons. The van der Waals surface area contributed by atoms with E-state index in [1.165, 1.54) is 18.4 Å². The van der Waals surface area contributed by atoms with Crippen LogP contribution in [0.1, 0.15) is 23.3 Å². The molecule has 0 bridgehead atoms. The first-order valence-corrected chi connectivity index (χ1v) is 11.8. The molecule has 0 saturated heterocycles. The van der Waals surface area contributed by atoms with E-state index in [-0.39, 0.29) is 16.3 Å². The molecule has 1 heterocycles. The largest absolute Gasteiger partial charge is 0.382 e. The average molecular weight is 467 g/mol. The van der Waals surface area contributed by atoms with E-state index < -0.39 is 20.3 Å². The topological polar surface area (TPSA) is 89.8 Å². The summed E-state index contributed by atoms with van der Waals surface area (Å²) in [7, 11) is -4.12. The lowest BCUT2D eigenvalue weighted by atomic mass is 10.1. The Hall–Kier alpha value is -1.55. The molecule has 7 nitrogen and oxygen atoms in total. The number of halogens is 2. The van der Waals surface area contributed by atoms with E-state index in [1.54, 1.807) is 18.2 Å². The number of rotatable bonds is 10. The van der Waals surface area contributed by atoms with Crippen molar-refractivity contribution in [2.75, 3.05) is 29.7 Å². The number of alkyl halides is 2. The van der Waals surface area contributed by atoms with Gasteiger partial charge in [-0.1, -0.05) is 11.3 Å². The van der Waals surface area contributed by atoms with Gasteiger partial charge in [0.25, 0.3) is 0 Å². The highest BCUT2D eigenvalue weighted by Gasteiger charge is 2.32. The van der Waals surface area contributed by atoms with Gasteiger partial charge < -0.3 is 9.08 Å². The Kier molecular flexibility index (Phi) is 7.94. The number of nitro groups is 1. The monoisotopic (exact) mass is 466 g/mol. The van der Waals surface area contributed by atoms with Gasteiger partial charge in [0.1, 0.15) is 11.0 Å². The smallest absolute Gasteiger partial charge is 0.328 e. The maximum Gasteiger partial charge on any atom is 0.328 e. The fraction of sp³-hybridized carbons (Fsp3) is 0.412. The number of aryl methyl sites for hydroxylation is 1. The van der Waals surface area contributed by atoms with Crippen LogP contribution >= 0.6 is 34.5 Å². The number of hydrogen-bond acceptors (Lipinski definition) is 7. The van der Waals surface area contributed by atoms with Gasteiger partial charge in [-0.05, 0) is 49.1 Å². The van der Waals surface area contributed by atoms with Gasteiger partial charge in [0, 0.05) is 30.5 Å². The van der Waals surface area contributed by atoms with Crippen LogP contribution in [0.2, 0.25) is 0 Å². The summed E-state index contributed by atoms with van der Waals surface area (Å²) < 4.78 is 30.5. The normalized spacial score (nSPS) is 12.6. The Morgan fingerprint density at radius 2 is 1.89 bits per heavy atom. The van der Waals surface area contributed by atoms with E-state index in [1.807, 2.05) is 11.8 Å². The molecule has 0 aliphatic carbocycles. The molecule has 0 spiro atoms. The number of benzene rings is 1. The van der Waals surface area contributed by atoms with Crippen LogP contribution in [-0.2, 0) is 10.1 Å². The van der Waals surface area contributed by atoms with Gasteiger partial charge in [0.05, 0.1) is 10.5 Å². The van der Waals surface area contributed by atoms with Crippen molar-refractivity contribution < 1.29 is 17.5 Å². The van der Waals surface area contributed by atoms with Crippen LogP contribution in [0, 0.1) is 17.0 Å². The minimum absolute atomic E-state index is 0.110. The molecule has 1 aromatic heterocycles. The molecule has 11 heteroatoms. The van der Waals surface area contributed by atoms with E-state index >= 15 is 0 Å². The lowest BCUT2D eigenvalue weighted by Crippen LogP contribution is -2.28. The third-order valence-electron chi connectivity index (χ3n) is 4.14. The molecule has 2 aromatic rings. The predicted molar refractivity (Wildman–Crippen MR) is 114 cm³/mol. The van der Waals surface area contributed by atoms with E-state index in [9.17, 15) is 18.5 Å². The van der Waals surface area contributed by atoms with E-state index in [0.29, 0.717) is 24.8 Å². The van der Waals surface area contributed by atoms with Crippen molar-refractivity contribution in [3.8, 4) is 5.75 Å². The second-order valence-corrected chi connectivity index (χ2v) is 9.48. The van der Waals surface area contributed by atoms with Gasteiger partial charge in [-0.15, -0.1) is 23.2 Å². The van der Waals surface area contributed by atoms with Crippen LogP contribution in [0.4, 0.5) is 10.7 Å². The molecule has 1 atom stereocenters. The molecular formula is C17H20Cl2N2O5S2. The highest BCUT2D eigenvalue weighted by molar-refractivity contribution is 7.87. The minimum Gasteiger partial charge on any atom is -0.382 e. The van der Waals surface area contributed by atoms with Gasteiger partial charge in [0.15, 0.2) is 0 Å². The summed E-state index contributed by atoms with van der Waals surface area (Å²) in [6.07, 6.45) is 0. The fourth-order valence-corrected chi connectivity index (χ4v) is 5.03. The standard InChI is InChI=1S/C17H20Cl2N2O5S2/c1-12-11-14(3-4-16(12)20(8-6-18)9-7-19)26-28(24,25)13(2)15-5-10-27-17(15)21(22)23/h3-5,10-11,13H,6-9H2,1-2H3. The molecule has 0 aliphatic heterocycles. The van der Waals surface area contributed by atoms with Crippen molar-refractivity contribution >= 4 is 55.3 Å².